The number of carbonyl (C=O) groups excluding carboxylic acids is 1. The Labute approximate surface area is 164 Å². The molecule has 144 valence electrons. The smallest absolute Gasteiger partial charge is 0.247 e. The van der Waals surface area contributed by atoms with Gasteiger partial charge in [0.15, 0.2) is 0 Å². The molecule has 1 aliphatic rings. The number of nitrogens with one attached hydrogen (secondary N) is 1. The summed E-state index contributed by atoms with van der Waals surface area (Å²) in [4.78, 5) is 12.6. The van der Waals surface area contributed by atoms with Crippen LogP contribution in [0.2, 0.25) is 0 Å². The van der Waals surface area contributed by atoms with Crippen molar-refractivity contribution in [1.29, 1.82) is 0 Å². The van der Waals surface area contributed by atoms with Gasteiger partial charge in [0.25, 0.3) is 0 Å². The number of aromatic nitrogens is 4. The van der Waals surface area contributed by atoms with Gasteiger partial charge < -0.3 is 5.32 Å². The maximum atomic E-state index is 12.6. The number of hydrogen-bond donors (Lipinski definition) is 1. The predicted octanol–water partition coefficient (Wildman–Crippen LogP) is 4.31. The van der Waals surface area contributed by atoms with Crippen molar-refractivity contribution < 1.29 is 4.79 Å². The zero-order valence-corrected chi connectivity index (χ0v) is 16.1. The highest BCUT2D eigenvalue weighted by Crippen LogP contribution is 2.32. The molecule has 3 aromatic rings. The van der Waals surface area contributed by atoms with Gasteiger partial charge in [-0.3, -0.25) is 9.48 Å². The molecule has 6 nitrogen and oxygen atoms in total. The molecule has 0 bridgehead atoms. The third kappa shape index (κ3) is 4.22. The van der Waals surface area contributed by atoms with Crippen LogP contribution in [0, 0.1) is 6.92 Å². The van der Waals surface area contributed by atoms with E-state index < -0.39 is 0 Å². The quantitative estimate of drug-likeness (QED) is 0.698. The van der Waals surface area contributed by atoms with E-state index in [1.54, 1.807) is 10.9 Å². The third-order valence-corrected chi connectivity index (χ3v) is 5.13. The fraction of sp³-hybridized carbons (Fsp3) is 0.318. The SMILES string of the molecule is Cc1cnn(C2CCCC2)c1NC(=O)Cn1cc(C=Cc2ccccc2)cn1. The lowest BCUT2D eigenvalue weighted by Crippen LogP contribution is -2.22. The maximum absolute atomic E-state index is 12.6. The maximum Gasteiger partial charge on any atom is 0.247 e. The van der Waals surface area contributed by atoms with Gasteiger partial charge in [0.05, 0.1) is 18.4 Å². The minimum atomic E-state index is -0.0930. The third-order valence-electron chi connectivity index (χ3n) is 5.13. The van der Waals surface area contributed by atoms with Crippen molar-refractivity contribution in [3.8, 4) is 0 Å². The van der Waals surface area contributed by atoms with Gasteiger partial charge in [-0.15, -0.1) is 0 Å². The Morgan fingerprint density at radius 3 is 2.64 bits per heavy atom. The topological polar surface area (TPSA) is 64.7 Å². The first-order valence-electron chi connectivity index (χ1n) is 9.78. The molecule has 1 aliphatic carbocycles. The number of hydrogen-bond acceptors (Lipinski definition) is 3. The van der Waals surface area contributed by atoms with E-state index in [0.29, 0.717) is 6.04 Å². The summed E-state index contributed by atoms with van der Waals surface area (Å²) in [5.74, 6) is 0.720. The van der Waals surface area contributed by atoms with Crippen LogP contribution in [0.3, 0.4) is 0 Å². The van der Waals surface area contributed by atoms with Gasteiger partial charge in [0.2, 0.25) is 5.91 Å². The van der Waals surface area contributed by atoms with Crippen LogP contribution in [-0.4, -0.2) is 25.5 Å². The number of amides is 1. The predicted molar refractivity (Wildman–Crippen MR) is 111 cm³/mol. The molecule has 6 heteroatoms. The van der Waals surface area contributed by atoms with E-state index in [0.717, 1.165) is 35.3 Å². The molecule has 1 saturated carbocycles. The van der Waals surface area contributed by atoms with Gasteiger partial charge in [0, 0.05) is 17.3 Å². The Balaban J connectivity index is 1.39. The molecule has 4 rings (SSSR count). The normalized spacial score (nSPS) is 14.8. The van der Waals surface area contributed by atoms with Gasteiger partial charge in [-0.1, -0.05) is 55.3 Å². The number of anilines is 1. The number of carbonyl (C=O) groups is 1. The molecule has 1 N–H and O–H groups in total. The molecule has 0 spiro atoms. The van der Waals surface area contributed by atoms with Crippen molar-refractivity contribution in [3.63, 3.8) is 0 Å². The largest absolute Gasteiger partial charge is 0.309 e. The highest BCUT2D eigenvalue weighted by atomic mass is 16.2. The Morgan fingerprint density at radius 2 is 1.86 bits per heavy atom. The van der Waals surface area contributed by atoms with Crippen molar-refractivity contribution in [2.45, 2.75) is 45.2 Å². The summed E-state index contributed by atoms with van der Waals surface area (Å²) in [5.41, 5.74) is 3.08. The van der Waals surface area contributed by atoms with Crippen LogP contribution < -0.4 is 5.32 Å². The Kier molecular flexibility index (Phi) is 5.37. The van der Waals surface area contributed by atoms with E-state index in [1.165, 1.54) is 12.8 Å². The second kappa shape index (κ2) is 8.25. The molecule has 2 aromatic heterocycles. The van der Waals surface area contributed by atoms with Crippen molar-refractivity contribution >= 4 is 23.9 Å². The minimum Gasteiger partial charge on any atom is -0.309 e. The first-order chi connectivity index (χ1) is 13.7. The summed E-state index contributed by atoms with van der Waals surface area (Å²) in [6.07, 6.45) is 14.2. The van der Waals surface area contributed by atoms with Crippen LogP contribution in [0.25, 0.3) is 12.2 Å². The van der Waals surface area contributed by atoms with Gasteiger partial charge in [-0.25, -0.2) is 4.68 Å². The molecule has 0 aliphatic heterocycles. The van der Waals surface area contributed by atoms with Crippen LogP contribution in [0.1, 0.15) is 48.4 Å². The van der Waals surface area contributed by atoms with Crippen molar-refractivity contribution in [2.75, 3.05) is 5.32 Å². The van der Waals surface area contributed by atoms with Crippen LogP contribution >= 0.6 is 0 Å². The summed E-state index contributed by atoms with van der Waals surface area (Å²) >= 11 is 0. The average Bonchev–Trinajstić information content (AvgIpc) is 3.44. The zero-order valence-electron chi connectivity index (χ0n) is 16.1. The molecule has 1 fully saturated rings. The monoisotopic (exact) mass is 375 g/mol. The summed E-state index contributed by atoms with van der Waals surface area (Å²) in [6.45, 7) is 2.16. The Morgan fingerprint density at radius 1 is 1.11 bits per heavy atom. The molecule has 28 heavy (non-hydrogen) atoms. The van der Waals surface area contributed by atoms with Crippen LogP contribution in [0.5, 0.6) is 0 Å². The molecule has 1 amide bonds. The minimum absolute atomic E-state index is 0.0930. The van der Waals surface area contributed by atoms with Crippen molar-refractivity contribution in [1.82, 2.24) is 19.6 Å². The summed E-state index contributed by atoms with van der Waals surface area (Å²) < 4.78 is 3.64. The Bertz CT molecular complexity index is 964. The van der Waals surface area contributed by atoms with Gasteiger partial charge in [-0.05, 0) is 25.3 Å². The number of benzene rings is 1. The first kappa shape index (κ1) is 18.2. The van der Waals surface area contributed by atoms with E-state index in [2.05, 4.69) is 15.5 Å². The molecular weight excluding hydrogens is 350 g/mol. The fourth-order valence-corrected chi connectivity index (χ4v) is 3.66. The van der Waals surface area contributed by atoms with E-state index in [1.807, 2.05) is 66.5 Å². The van der Waals surface area contributed by atoms with E-state index in [4.69, 9.17) is 0 Å². The van der Waals surface area contributed by atoms with Crippen LogP contribution in [-0.2, 0) is 11.3 Å². The van der Waals surface area contributed by atoms with E-state index in [9.17, 15) is 4.79 Å². The van der Waals surface area contributed by atoms with Crippen molar-refractivity contribution in [2.24, 2.45) is 0 Å². The standard InChI is InChI=1S/C22H25N5O/c1-17-13-24-27(20-9-5-6-10-20)22(17)25-21(28)16-26-15-19(14-23-26)12-11-18-7-3-2-4-8-18/h2-4,7-8,11-15,20H,5-6,9-10,16H2,1H3,(H,25,28). The highest BCUT2D eigenvalue weighted by molar-refractivity contribution is 5.90. The van der Waals surface area contributed by atoms with Gasteiger partial charge in [0.1, 0.15) is 12.4 Å². The van der Waals surface area contributed by atoms with Gasteiger partial charge in [-0.2, -0.15) is 10.2 Å². The molecule has 2 heterocycles. The highest BCUT2D eigenvalue weighted by Gasteiger charge is 2.22. The molecule has 0 atom stereocenters. The summed E-state index contributed by atoms with van der Waals surface area (Å²) in [6, 6.07) is 10.5. The second-order valence-electron chi connectivity index (χ2n) is 7.32. The van der Waals surface area contributed by atoms with E-state index in [-0.39, 0.29) is 12.5 Å². The summed E-state index contributed by atoms with van der Waals surface area (Å²) in [7, 11) is 0. The van der Waals surface area contributed by atoms with Crippen LogP contribution in [0.15, 0.2) is 48.9 Å². The Hall–Kier alpha value is -3.15. The molecule has 0 unspecified atom stereocenters. The fourth-order valence-electron chi connectivity index (χ4n) is 3.66. The zero-order chi connectivity index (χ0) is 19.3. The molecular formula is C22H25N5O. The lowest BCUT2D eigenvalue weighted by atomic mass is 10.2. The lowest BCUT2D eigenvalue weighted by Gasteiger charge is -2.15. The summed E-state index contributed by atoms with van der Waals surface area (Å²) in [5, 5.41) is 11.8. The second-order valence-corrected chi connectivity index (χ2v) is 7.32. The average molecular weight is 375 g/mol. The van der Waals surface area contributed by atoms with Crippen molar-refractivity contribution in [3.05, 3.63) is 65.6 Å². The molecule has 0 radical (unpaired) electrons. The first-order valence-corrected chi connectivity index (χ1v) is 9.78. The number of nitrogens with zero attached hydrogens (tertiary/aromatic N) is 4. The number of rotatable bonds is 6. The molecule has 1 aromatic carbocycles. The molecule has 0 saturated heterocycles. The number of aryl methyl sites for hydroxylation is 1. The van der Waals surface area contributed by atoms with E-state index >= 15 is 0 Å². The van der Waals surface area contributed by atoms with Gasteiger partial charge >= 0.3 is 0 Å². The lowest BCUT2D eigenvalue weighted by molar-refractivity contribution is -0.117. The van der Waals surface area contributed by atoms with Crippen LogP contribution in [0.4, 0.5) is 5.82 Å².